The minimum Gasteiger partial charge on any atom is -0.381 e. The van der Waals surface area contributed by atoms with Crippen LogP contribution >= 0.6 is 0 Å². The average molecular weight is 543 g/mol. The standard InChI is InChI=1S/C27H32F6N4O/c1-15-13-27(32,33)14-37(15)23-11-20(22(12-21(23)28)35-17-7-9-36(3)10-8-17)26(38)34-16(2)18-5-4-6-19(24(18)29)25(30)31/h4-6,11-12,15-17,25,35H,7-10,13-14H2,1-3H3,(H,34,38)/t15-,16+/m0/s1. The SMILES string of the molecule is C[C@@H](NC(=O)c1cc(N2CC(F)(F)C[C@@H]2C)c(F)cc1NC1CCN(C)CC1)c1cccc(C(F)F)c1F. The molecule has 0 bridgehead atoms. The van der Waals surface area contributed by atoms with Crippen molar-refractivity contribution in [2.24, 2.45) is 0 Å². The summed E-state index contributed by atoms with van der Waals surface area (Å²) in [7, 11) is 1.99. The van der Waals surface area contributed by atoms with Crippen LogP contribution in [0.25, 0.3) is 0 Å². The summed E-state index contributed by atoms with van der Waals surface area (Å²) in [6.07, 6.45) is -1.97. The smallest absolute Gasteiger partial charge is 0.267 e. The topological polar surface area (TPSA) is 47.6 Å². The van der Waals surface area contributed by atoms with Gasteiger partial charge < -0.3 is 20.4 Å². The molecule has 2 N–H and O–H groups in total. The van der Waals surface area contributed by atoms with E-state index in [0.717, 1.165) is 38.1 Å². The Bertz CT molecular complexity index is 1170. The molecule has 5 nitrogen and oxygen atoms in total. The van der Waals surface area contributed by atoms with Gasteiger partial charge in [0.1, 0.15) is 11.6 Å². The van der Waals surface area contributed by atoms with Gasteiger partial charge in [-0.1, -0.05) is 18.2 Å². The number of alkyl halides is 4. The number of anilines is 2. The maximum atomic E-state index is 15.3. The number of carbonyl (C=O) groups excluding carboxylic acids is 1. The zero-order chi connectivity index (χ0) is 27.8. The molecule has 2 fully saturated rings. The minimum atomic E-state index is -3.02. The largest absolute Gasteiger partial charge is 0.381 e. The number of hydrogen-bond donors (Lipinski definition) is 2. The molecular formula is C27H32F6N4O. The number of amides is 1. The third-order valence-electron chi connectivity index (χ3n) is 7.35. The normalized spacial score (nSPS) is 21.1. The van der Waals surface area contributed by atoms with Crippen LogP contribution in [0.3, 0.4) is 0 Å². The summed E-state index contributed by atoms with van der Waals surface area (Å²) >= 11 is 0. The van der Waals surface area contributed by atoms with Crippen LogP contribution in [0.1, 0.15) is 67.1 Å². The van der Waals surface area contributed by atoms with Crippen LogP contribution in [0.5, 0.6) is 0 Å². The van der Waals surface area contributed by atoms with Crippen LogP contribution in [0.2, 0.25) is 0 Å². The van der Waals surface area contributed by atoms with Gasteiger partial charge >= 0.3 is 0 Å². The molecule has 2 aliphatic heterocycles. The number of nitrogens with zero attached hydrogens (tertiary/aromatic N) is 2. The summed E-state index contributed by atoms with van der Waals surface area (Å²) < 4.78 is 84.5. The van der Waals surface area contributed by atoms with E-state index in [-0.39, 0.29) is 28.5 Å². The fourth-order valence-electron chi connectivity index (χ4n) is 5.22. The van der Waals surface area contributed by atoms with E-state index in [0.29, 0.717) is 0 Å². The third-order valence-corrected chi connectivity index (χ3v) is 7.35. The molecule has 2 aromatic rings. The first-order valence-electron chi connectivity index (χ1n) is 12.7. The van der Waals surface area contributed by atoms with Gasteiger partial charge in [-0.3, -0.25) is 4.79 Å². The molecule has 208 valence electrons. The number of halogens is 6. The van der Waals surface area contributed by atoms with E-state index < -0.39 is 60.5 Å². The molecule has 0 saturated carbocycles. The molecule has 0 aromatic heterocycles. The highest BCUT2D eigenvalue weighted by molar-refractivity contribution is 6.01. The Kier molecular flexibility index (Phi) is 8.15. The Hall–Kier alpha value is -2.95. The number of carbonyl (C=O) groups is 1. The number of piperidine rings is 1. The Balaban J connectivity index is 1.66. The minimum absolute atomic E-state index is 0.0000155. The lowest BCUT2D eigenvalue weighted by atomic mass is 10.0. The van der Waals surface area contributed by atoms with Crippen molar-refractivity contribution in [1.82, 2.24) is 10.2 Å². The second kappa shape index (κ2) is 11.0. The van der Waals surface area contributed by atoms with E-state index in [1.54, 1.807) is 6.92 Å². The Labute approximate surface area is 218 Å². The van der Waals surface area contributed by atoms with Crippen LogP contribution in [0.15, 0.2) is 30.3 Å². The molecule has 2 atom stereocenters. The van der Waals surface area contributed by atoms with E-state index >= 15 is 4.39 Å². The van der Waals surface area contributed by atoms with Gasteiger partial charge in [0, 0.05) is 24.1 Å². The van der Waals surface area contributed by atoms with Gasteiger partial charge in [-0.15, -0.1) is 0 Å². The van der Waals surface area contributed by atoms with Crippen molar-refractivity contribution in [1.29, 1.82) is 0 Å². The van der Waals surface area contributed by atoms with Gasteiger partial charge in [-0.25, -0.2) is 26.3 Å². The first-order valence-corrected chi connectivity index (χ1v) is 12.7. The Morgan fingerprint density at radius 1 is 1.11 bits per heavy atom. The van der Waals surface area contributed by atoms with Crippen molar-refractivity contribution in [2.75, 3.05) is 36.9 Å². The van der Waals surface area contributed by atoms with Gasteiger partial charge in [-0.2, -0.15) is 0 Å². The lowest BCUT2D eigenvalue weighted by Gasteiger charge is -2.31. The van der Waals surface area contributed by atoms with Crippen molar-refractivity contribution in [3.8, 4) is 0 Å². The van der Waals surface area contributed by atoms with E-state index in [4.69, 9.17) is 0 Å². The quantitative estimate of drug-likeness (QED) is 0.413. The van der Waals surface area contributed by atoms with Crippen LogP contribution in [0, 0.1) is 11.6 Å². The van der Waals surface area contributed by atoms with E-state index in [2.05, 4.69) is 15.5 Å². The fourth-order valence-corrected chi connectivity index (χ4v) is 5.22. The highest BCUT2D eigenvalue weighted by Crippen LogP contribution is 2.38. The Morgan fingerprint density at radius 2 is 1.76 bits per heavy atom. The maximum Gasteiger partial charge on any atom is 0.267 e. The van der Waals surface area contributed by atoms with Gasteiger partial charge in [0.15, 0.2) is 0 Å². The Morgan fingerprint density at radius 3 is 2.37 bits per heavy atom. The van der Waals surface area contributed by atoms with Crippen LogP contribution in [-0.4, -0.2) is 55.5 Å². The van der Waals surface area contributed by atoms with Gasteiger partial charge in [0.25, 0.3) is 18.3 Å². The van der Waals surface area contributed by atoms with E-state index in [1.807, 2.05) is 7.05 Å². The average Bonchev–Trinajstić information content (AvgIpc) is 3.12. The second-order valence-electron chi connectivity index (χ2n) is 10.4. The van der Waals surface area contributed by atoms with Crippen LogP contribution < -0.4 is 15.5 Å². The zero-order valence-corrected chi connectivity index (χ0v) is 21.5. The highest BCUT2D eigenvalue weighted by Gasteiger charge is 2.44. The molecular weight excluding hydrogens is 510 g/mol. The third kappa shape index (κ3) is 6.03. The fraction of sp³-hybridized carbons (Fsp3) is 0.519. The molecule has 1 amide bonds. The monoisotopic (exact) mass is 542 g/mol. The van der Waals surface area contributed by atoms with Gasteiger partial charge in [-0.05, 0) is 59.0 Å². The number of likely N-dealkylation sites (tertiary alicyclic amines) is 1. The van der Waals surface area contributed by atoms with Crippen molar-refractivity contribution in [3.05, 3.63) is 58.7 Å². The first-order chi connectivity index (χ1) is 17.9. The summed E-state index contributed by atoms with van der Waals surface area (Å²) in [6.45, 7) is 3.93. The van der Waals surface area contributed by atoms with Crippen molar-refractivity contribution in [3.63, 3.8) is 0 Å². The molecule has 0 aliphatic carbocycles. The van der Waals surface area contributed by atoms with E-state index in [9.17, 15) is 26.7 Å². The molecule has 11 heteroatoms. The van der Waals surface area contributed by atoms with Crippen LogP contribution in [-0.2, 0) is 0 Å². The second-order valence-corrected chi connectivity index (χ2v) is 10.4. The lowest BCUT2D eigenvalue weighted by Crippen LogP contribution is -2.37. The summed E-state index contributed by atoms with van der Waals surface area (Å²) in [5, 5.41) is 5.83. The lowest BCUT2D eigenvalue weighted by molar-refractivity contribution is 0.0229. The molecule has 0 radical (unpaired) electrons. The molecule has 2 aromatic carbocycles. The zero-order valence-electron chi connectivity index (χ0n) is 21.5. The molecule has 2 aliphatic rings. The molecule has 4 rings (SSSR count). The summed E-state index contributed by atoms with van der Waals surface area (Å²) in [5.74, 6) is -5.58. The number of nitrogens with one attached hydrogen (secondary N) is 2. The number of rotatable bonds is 7. The molecule has 38 heavy (non-hydrogen) atoms. The van der Waals surface area contributed by atoms with E-state index in [1.165, 1.54) is 30.0 Å². The predicted octanol–water partition coefficient (Wildman–Crippen LogP) is 6.13. The highest BCUT2D eigenvalue weighted by atomic mass is 19.3. The number of hydrogen-bond acceptors (Lipinski definition) is 4. The molecule has 0 spiro atoms. The molecule has 0 unspecified atom stereocenters. The van der Waals surface area contributed by atoms with Crippen molar-refractivity contribution >= 4 is 17.3 Å². The first kappa shape index (κ1) is 28.1. The summed E-state index contributed by atoms with van der Waals surface area (Å²) in [5.41, 5.74) is -0.851. The molecule has 2 saturated heterocycles. The van der Waals surface area contributed by atoms with Crippen molar-refractivity contribution < 1.29 is 31.1 Å². The summed E-state index contributed by atoms with van der Waals surface area (Å²) in [6, 6.07) is 4.22. The predicted molar refractivity (Wildman–Crippen MR) is 134 cm³/mol. The van der Waals surface area contributed by atoms with Gasteiger partial charge in [0.05, 0.1) is 35.1 Å². The van der Waals surface area contributed by atoms with Crippen molar-refractivity contribution in [2.45, 2.75) is 63.6 Å². The maximum absolute atomic E-state index is 15.3. The molecule has 2 heterocycles. The summed E-state index contributed by atoms with van der Waals surface area (Å²) in [4.78, 5) is 16.8. The van der Waals surface area contributed by atoms with Crippen LogP contribution in [0.4, 0.5) is 37.7 Å². The number of benzene rings is 2. The van der Waals surface area contributed by atoms with Gasteiger partial charge in [0.2, 0.25) is 0 Å².